The molecule has 1 saturated heterocycles. The van der Waals surface area contributed by atoms with Gasteiger partial charge in [0.1, 0.15) is 5.41 Å². The van der Waals surface area contributed by atoms with Crippen molar-refractivity contribution >= 4 is 23.6 Å². The number of amides is 2. The fourth-order valence-corrected chi connectivity index (χ4v) is 2.31. The Morgan fingerprint density at radius 3 is 2.86 bits per heavy atom. The average Bonchev–Trinajstić information content (AvgIpc) is 2.81. The Kier molecular flexibility index (Phi) is 4.69. The summed E-state index contributed by atoms with van der Waals surface area (Å²) >= 11 is 6.00. The lowest BCUT2D eigenvalue weighted by atomic mass is 9.85. The molecule has 21 heavy (non-hydrogen) atoms. The number of carbonyl (C=O) groups excluding carboxylic acids is 1. The summed E-state index contributed by atoms with van der Waals surface area (Å²) in [5, 5.41) is 15.1. The van der Waals surface area contributed by atoms with Gasteiger partial charge in [0.2, 0.25) is 0 Å². The van der Waals surface area contributed by atoms with Crippen molar-refractivity contribution in [3.8, 4) is 0 Å². The molecule has 0 spiro atoms. The third kappa shape index (κ3) is 3.46. The van der Waals surface area contributed by atoms with Crippen molar-refractivity contribution < 1.29 is 19.4 Å². The zero-order valence-corrected chi connectivity index (χ0v) is 12.3. The van der Waals surface area contributed by atoms with Gasteiger partial charge in [-0.25, -0.2) is 4.79 Å². The van der Waals surface area contributed by atoms with Gasteiger partial charge in [-0.05, 0) is 18.6 Å². The second-order valence-corrected chi connectivity index (χ2v) is 5.62. The fraction of sp³-hybridized carbons (Fsp3) is 0.429. The second kappa shape index (κ2) is 6.32. The van der Waals surface area contributed by atoms with Gasteiger partial charge in [0.15, 0.2) is 0 Å². The SMILES string of the molecule is CC1(C(=O)O)COCC1NC(=O)NCc1ccccc1Cl. The topological polar surface area (TPSA) is 87.7 Å². The van der Waals surface area contributed by atoms with Crippen LogP contribution in [0.5, 0.6) is 0 Å². The molecule has 2 atom stereocenters. The van der Waals surface area contributed by atoms with Crippen LogP contribution in [0.3, 0.4) is 0 Å². The van der Waals surface area contributed by atoms with Gasteiger partial charge < -0.3 is 20.5 Å². The van der Waals surface area contributed by atoms with Crippen LogP contribution in [-0.4, -0.2) is 36.4 Å². The van der Waals surface area contributed by atoms with Crippen LogP contribution in [0.15, 0.2) is 24.3 Å². The van der Waals surface area contributed by atoms with E-state index in [2.05, 4.69) is 10.6 Å². The van der Waals surface area contributed by atoms with Crippen LogP contribution in [0.1, 0.15) is 12.5 Å². The van der Waals surface area contributed by atoms with E-state index in [4.69, 9.17) is 16.3 Å². The summed E-state index contributed by atoms with van der Waals surface area (Å²) in [4.78, 5) is 23.2. The molecule has 1 aliphatic rings. The number of aliphatic carboxylic acids is 1. The Morgan fingerprint density at radius 1 is 1.48 bits per heavy atom. The summed E-state index contributed by atoms with van der Waals surface area (Å²) in [6, 6.07) is 6.16. The maximum absolute atomic E-state index is 11.9. The summed E-state index contributed by atoms with van der Waals surface area (Å²) in [5.41, 5.74) is -0.320. The van der Waals surface area contributed by atoms with Crippen LogP contribution in [0.2, 0.25) is 5.02 Å². The van der Waals surface area contributed by atoms with Gasteiger partial charge in [0.05, 0.1) is 19.3 Å². The first kappa shape index (κ1) is 15.6. The minimum atomic E-state index is -1.11. The third-order valence-corrected chi connectivity index (χ3v) is 4.02. The molecule has 0 saturated carbocycles. The number of ether oxygens (including phenoxy) is 1. The van der Waals surface area contributed by atoms with Crippen LogP contribution < -0.4 is 10.6 Å². The number of carboxylic acid groups (broad SMARTS) is 1. The first-order chi connectivity index (χ1) is 9.93. The van der Waals surface area contributed by atoms with Crippen molar-refractivity contribution in [2.24, 2.45) is 5.41 Å². The van der Waals surface area contributed by atoms with Crippen molar-refractivity contribution in [1.82, 2.24) is 10.6 Å². The Balaban J connectivity index is 1.90. The lowest BCUT2D eigenvalue weighted by molar-refractivity contribution is -0.148. The number of urea groups is 1. The van der Waals surface area contributed by atoms with E-state index in [1.165, 1.54) is 0 Å². The number of rotatable bonds is 4. The molecule has 0 radical (unpaired) electrons. The molecule has 0 aromatic heterocycles. The van der Waals surface area contributed by atoms with Gasteiger partial charge in [-0.1, -0.05) is 29.8 Å². The van der Waals surface area contributed by atoms with Crippen LogP contribution in [0, 0.1) is 5.41 Å². The molecule has 114 valence electrons. The van der Waals surface area contributed by atoms with Gasteiger partial charge in [0.25, 0.3) is 0 Å². The van der Waals surface area contributed by atoms with Gasteiger partial charge in [-0.15, -0.1) is 0 Å². The standard InChI is InChI=1S/C14H17ClN2O4/c1-14(12(18)19)8-21-7-11(14)17-13(20)16-6-9-4-2-3-5-10(9)15/h2-5,11H,6-8H2,1H3,(H,18,19)(H2,16,17,20). The normalized spacial score (nSPS) is 24.6. The molecular weight excluding hydrogens is 296 g/mol. The quantitative estimate of drug-likeness (QED) is 0.788. The monoisotopic (exact) mass is 312 g/mol. The van der Waals surface area contributed by atoms with E-state index in [-0.39, 0.29) is 19.8 Å². The molecule has 0 bridgehead atoms. The predicted molar refractivity (Wildman–Crippen MR) is 77.2 cm³/mol. The van der Waals surface area contributed by atoms with E-state index in [9.17, 15) is 14.7 Å². The van der Waals surface area contributed by atoms with E-state index in [0.29, 0.717) is 5.02 Å². The highest BCUT2D eigenvalue weighted by Gasteiger charge is 2.47. The van der Waals surface area contributed by atoms with Crippen molar-refractivity contribution in [3.05, 3.63) is 34.9 Å². The molecule has 0 aliphatic carbocycles. The zero-order valence-electron chi connectivity index (χ0n) is 11.6. The number of nitrogens with one attached hydrogen (secondary N) is 2. The first-order valence-electron chi connectivity index (χ1n) is 6.52. The summed E-state index contributed by atoms with van der Waals surface area (Å²) in [6.45, 7) is 2.09. The molecule has 1 aliphatic heterocycles. The largest absolute Gasteiger partial charge is 0.481 e. The number of hydrogen-bond donors (Lipinski definition) is 3. The van der Waals surface area contributed by atoms with E-state index in [1.807, 2.05) is 12.1 Å². The Bertz CT molecular complexity index is 552. The molecule has 1 aromatic rings. The Morgan fingerprint density at radius 2 is 2.19 bits per heavy atom. The minimum Gasteiger partial charge on any atom is -0.481 e. The number of carboxylic acids is 1. The summed E-state index contributed by atoms with van der Waals surface area (Å²) < 4.78 is 5.17. The van der Waals surface area contributed by atoms with Crippen LogP contribution in [-0.2, 0) is 16.1 Å². The zero-order chi connectivity index (χ0) is 15.5. The highest BCUT2D eigenvalue weighted by Crippen LogP contribution is 2.28. The number of halogens is 1. The molecular formula is C14H17ClN2O4. The molecule has 6 nitrogen and oxygen atoms in total. The average molecular weight is 313 g/mol. The first-order valence-corrected chi connectivity index (χ1v) is 6.90. The number of hydrogen-bond acceptors (Lipinski definition) is 3. The molecule has 1 fully saturated rings. The van der Waals surface area contributed by atoms with Gasteiger partial charge in [0, 0.05) is 11.6 Å². The minimum absolute atomic E-state index is 0.0811. The number of benzene rings is 1. The smallest absolute Gasteiger partial charge is 0.315 e. The maximum atomic E-state index is 11.9. The van der Waals surface area contributed by atoms with E-state index < -0.39 is 23.5 Å². The highest BCUT2D eigenvalue weighted by atomic mass is 35.5. The van der Waals surface area contributed by atoms with E-state index in [0.717, 1.165) is 5.56 Å². The van der Waals surface area contributed by atoms with Crippen molar-refractivity contribution in [1.29, 1.82) is 0 Å². The van der Waals surface area contributed by atoms with Crippen LogP contribution >= 0.6 is 11.6 Å². The van der Waals surface area contributed by atoms with Crippen molar-refractivity contribution in [2.45, 2.75) is 19.5 Å². The molecule has 2 rings (SSSR count). The van der Waals surface area contributed by atoms with Gasteiger partial charge in [-0.2, -0.15) is 0 Å². The molecule has 1 heterocycles. The summed E-state index contributed by atoms with van der Waals surface area (Å²) in [6.07, 6.45) is 0. The molecule has 1 aromatic carbocycles. The molecule has 7 heteroatoms. The Labute approximate surface area is 127 Å². The summed E-state index contributed by atoms with van der Waals surface area (Å²) in [7, 11) is 0. The van der Waals surface area contributed by atoms with Crippen molar-refractivity contribution in [2.75, 3.05) is 13.2 Å². The molecule has 2 amide bonds. The molecule has 2 unspecified atom stereocenters. The van der Waals surface area contributed by atoms with E-state index >= 15 is 0 Å². The van der Waals surface area contributed by atoms with Gasteiger partial charge >= 0.3 is 12.0 Å². The highest BCUT2D eigenvalue weighted by molar-refractivity contribution is 6.31. The van der Waals surface area contributed by atoms with Crippen molar-refractivity contribution in [3.63, 3.8) is 0 Å². The van der Waals surface area contributed by atoms with Crippen LogP contribution in [0.25, 0.3) is 0 Å². The predicted octanol–water partition coefficient (Wildman–Crippen LogP) is 1.63. The Hall–Kier alpha value is -1.79. The fourth-order valence-electron chi connectivity index (χ4n) is 2.11. The second-order valence-electron chi connectivity index (χ2n) is 5.21. The summed E-state index contributed by atoms with van der Waals surface area (Å²) in [5.74, 6) is -0.989. The van der Waals surface area contributed by atoms with Gasteiger partial charge in [-0.3, -0.25) is 4.79 Å². The third-order valence-electron chi connectivity index (χ3n) is 3.65. The lowest BCUT2D eigenvalue weighted by Crippen LogP contribution is -2.52. The maximum Gasteiger partial charge on any atom is 0.315 e. The lowest BCUT2D eigenvalue weighted by Gasteiger charge is -2.25. The number of carbonyl (C=O) groups is 2. The molecule has 3 N–H and O–H groups in total. The van der Waals surface area contributed by atoms with Crippen LogP contribution in [0.4, 0.5) is 4.79 Å². The van der Waals surface area contributed by atoms with E-state index in [1.54, 1.807) is 19.1 Å².